The fourth-order valence-electron chi connectivity index (χ4n) is 4.33. The molecule has 2 aromatic carbocycles. The minimum Gasteiger partial charge on any atom is -0.459 e. The highest BCUT2D eigenvalue weighted by Gasteiger charge is 2.35. The molecule has 0 aliphatic heterocycles. The molecule has 0 unspecified atom stereocenters. The lowest BCUT2D eigenvalue weighted by Gasteiger charge is -2.32. The van der Waals surface area contributed by atoms with E-state index in [0.717, 1.165) is 42.5 Å². The normalized spacial score (nSPS) is 14.6. The SMILES string of the molecule is Cc1ccc(N(C(=O)c2ccco2)[C@@H](C(=O)NC2CCCC2)c2ccc(N(C)C)cc2)cc1. The average Bonchev–Trinajstić information content (AvgIpc) is 3.52. The minimum absolute atomic E-state index is 0.139. The molecule has 1 atom stereocenters. The molecule has 0 radical (unpaired) electrons. The molecule has 1 N–H and O–H groups in total. The quantitative estimate of drug-likeness (QED) is 0.549. The summed E-state index contributed by atoms with van der Waals surface area (Å²) < 4.78 is 5.44. The number of benzene rings is 2. The van der Waals surface area contributed by atoms with Gasteiger partial charge in [0, 0.05) is 31.5 Å². The third kappa shape index (κ3) is 5.11. The monoisotopic (exact) mass is 445 g/mol. The van der Waals surface area contributed by atoms with Crippen molar-refractivity contribution in [1.29, 1.82) is 0 Å². The number of nitrogens with one attached hydrogen (secondary N) is 1. The molecular weight excluding hydrogens is 414 g/mol. The topological polar surface area (TPSA) is 65.8 Å². The Bertz CT molecular complexity index is 1070. The van der Waals surface area contributed by atoms with E-state index >= 15 is 0 Å². The van der Waals surface area contributed by atoms with E-state index in [4.69, 9.17) is 4.42 Å². The Kier molecular flexibility index (Phi) is 6.82. The largest absolute Gasteiger partial charge is 0.459 e. The van der Waals surface area contributed by atoms with Crippen LogP contribution in [-0.4, -0.2) is 32.0 Å². The molecule has 0 spiro atoms. The number of furan rings is 1. The van der Waals surface area contributed by atoms with Crippen LogP contribution in [0.2, 0.25) is 0 Å². The van der Waals surface area contributed by atoms with Crippen molar-refractivity contribution in [2.75, 3.05) is 23.9 Å². The van der Waals surface area contributed by atoms with Gasteiger partial charge in [-0.3, -0.25) is 14.5 Å². The van der Waals surface area contributed by atoms with E-state index in [1.165, 1.54) is 6.26 Å². The summed E-state index contributed by atoms with van der Waals surface area (Å²) in [5.74, 6) is -0.341. The molecular formula is C27H31N3O3. The predicted molar refractivity (Wildman–Crippen MR) is 131 cm³/mol. The van der Waals surface area contributed by atoms with Crippen LogP contribution in [0.15, 0.2) is 71.3 Å². The average molecular weight is 446 g/mol. The second-order valence-corrected chi connectivity index (χ2v) is 8.87. The number of amides is 2. The fraction of sp³-hybridized carbons (Fsp3) is 0.333. The molecule has 1 heterocycles. The summed E-state index contributed by atoms with van der Waals surface area (Å²) in [4.78, 5) is 30.9. The maximum absolute atomic E-state index is 13.7. The summed E-state index contributed by atoms with van der Waals surface area (Å²) in [6, 6.07) is 18.0. The van der Waals surface area contributed by atoms with Crippen LogP contribution in [0, 0.1) is 6.92 Å². The smallest absolute Gasteiger partial charge is 0.294 e. The van der Waals surface area contributed by atoms with Gasteiger partial charge >= 0.3 is 0 Å². The van der Waals surface area contributed by atoms with Crippen LogP contribution in [0.1, 0.15) is 53.4 Å². The Morgan fingerprint density at radius 3 is 2.15 bits per heavy atom. The molecule has 6 heteroatoms. The van der Waals surface area contributed by atoms with Gasteiger partial charge in [0.05, 0.1) is 6.26 Å². The molecule has 172 valence electrons. The van der Waals surface area contributed by atoms with Gasteiger partial charge < -0.3 is 14.6 Å². The van der Waals surface area contributed by atoms with Crippen molar-refractivity contribution in [2.45, 2.75) is 44.7 Å². The molecule has 1 fully saturated rings. The van der Waals surface area contributed by atoms with Gasteiger partial charge in [-0.25, -0.2) is 0 Å². The van der Waals surface area contributed by atoms with E-state index in [0.29, 0.717) is 5.69 Å². The molecule has 0 bridgehead atoms. The van der Waals surface area contributed by atoms with E-state index < -0.39 is 6.04 Å². The highest BCUT2D eigenvalue weighted by molar-refractivity contribution is 6.08. The second-order valence-electron chi connectivity index (χ2n) is 8.87. The van der Waals surface area contributed by atoms with Gasteiger partial charge in [0.1, 0.15) is 6.04 Å². The zero-order chi connectivity index (χ0) is 23.4. The summed E-state index contributed by atoms with van der Waals surface area (Å²) in [7, 11) is 3.94. The van der Waals surface area contributed by atoms with Crippen molar-refractivity contribution >= 4 is 23.2 Å². The van der Waals surface area contributed by atoms with E-state index in [1.807, 2.05) is 74.4 Å². The third-order valence-electron chi connectivity index (χ3n) is 6.20. The summed E-state index contributed by atoms with van der Waals surface area (Å²) in [5.41, 5.74) is 3.49. The molecule has 1 aliphatic carbocycles. The van der Waals surface area contributed by atoms with Crippen LogP contribution >= 0.6 is 0 Å². The number of anilines is 2. The number of rotatable bonds is 7. The van der Waals surface area contributed by atoms with Gasteiger partial charge in [-0.05, 0) is 61.7 Å². The maximum atomic E-state index is 13.7. The lowest BCUT2D eigenvalue weighted by Crippen LogP contribution is -2.46. The predicted octanol–water partition coefficient (Wildman–Crippen LogP) is 5.10. The standard InChI is InChI=1S/C27H31N3O3/c1-19-10-14-23(15-11-19)30(27(32)24-9-6-18-33-24)25(26(31)28-21-7-4-5-8-21)20-12-16-22(17-13-20)29(2)3/h6,9-18,21,25H,4-5,7-8H2,1-3H3,(H,28,31)/t25-/m1/s1. The van der Waals surface area contributed by atoms with Crippen LogP contribution in [-0.2, 0) is 4.79 Å². The number of aryl methyl sites for hydroxylation is 1. The van der Waals surface area contributed by atoms with Crippen molar-refractivity contribution in [3.63, 3.8) is 0 Å². The first-order valence-electron chi connectivity index (χ1n) is 11.5. The Morgan fingerprint density at radius 2 is 1.58 bits per heavy atom. The maximum Gasteiger partial charge on any atom is 0.294 e. The first-order chi connectivity index (χ1) is 15.9. The Balaban J connectivity index is 1.79. The summed E-state index contributed by atoms with van der Waals surface area (Å²) in [6.45, 7) is 1.99. The highest BCUT2D eigenvalue weighted by Crippen LogP contribution is 2.32. The number of carbonyl (C=O) groups excluding carboxylic acids is 2. The lowest BCUT2D eigenvalue weighted by atomic mass is 10.0. The molecule has 4 rings (SSSR count). The number of hydrogen-bond acceptors (Lipinski definition) is 4. The van der Waals surface area contributed by atoms with Crippen molar-refractivity contribution in [3.8, 4) is 0 Å². The van der Waals surface area contributed by atoms with Crippen LogP contribution in [0.25, 0.3) is 0 Å². The first-order valence-corrected chi connectivity index (χ1v) is 11.5. The molecule has 0 saturated heterocycles. The van der Waals surface area contributed by atoms with Crippen LogP contribution in [0.4, 0.5) is 11.4 Å². The van der Waals surface area contributed by atoms with Crippen molar-refractivity contribution < 1.29 is 14.0 Å². The van der Waals surface area contributed by atoms with Gasteiger partial charge in [0.2, 0.25) is 5.91 Å². The van der Waals surface area contributed by atoms with E-state index in [-0.39, 0.29) is 23.6 Å². The van der Waals surface area contributed by atoms with Crippen LogP contribution < -0.4 is 15.1 Å². The van der Waals surface area contributed by atoms with E-state index in [2.05, 4.69) is 5.32 Å². The highest BCUT2D eigenvalue weighted by atomic mass is 16.3. The van der Waals surface area contributed by atoms with E-state index in [1.54, 1.807) is 17.0 Å². The molecule has 33 heavy (non-hydrogen) atoms. The lowest BCUT2D eigenvalue weighted by molar-refractivity contribution is -0.123. The van der Waals surface area contributed by atoms with Crippen LogP contribution in [0.3, 0.4) is 0 Å². The number of carbonyl (C=O) groups is 2. The molecule has 2 amide bonds. The Hall–Kier alpha value is -3.54. The molecule has 6 nitrogen and oxygen atoms in total. The Morgan fingerprint density at radius 1 is 0.939 bits per heavy atom. The fourth-order valence-corrected chi connectivity index (χ4v) is 4.33. The van der Waals surface area contributed by atoms with Gasteiger partial charge in [-0.2, -0.15) is 0 Å². The zero-order valence-corrected chi connectivity index (χ0v) is 19.5. The number of hydrogen-bond donors (Lipinski definition) is 1. The second kappa shape index (κ2) is 9.94. The van der Waals surface area contributed by atoms with Gasteiger partial charge in [-0.1, -0.05) is 42.7 Å². The molecule has 3 aromatic rings. The summed E-state index contributed by atoms with van der Waals surface area (Å²) >= 11 is 0. The van der Waals surface area contributed by atoms with Gasteiger partial charge in [-0.15, -0.1) is 0 Å². The van der Waals surface area contributed by atoms with Gasteiger partial charge in [0.15, 0.2) is 5.76 Å². The zero-order valence-electron chi connectivity index (χ0n) is 19.5. The van der Waals surface area contributed by atoms with Crippen molar-refractivity contribution in [3.05, 3.63) is 83.8 Å². The summed E-state index contributed by atoms with van der Waals surface area (Å²) in [5, 5.41) is 3.20. The van der Waals surface area contributed by atoms with Crippen molar-refractivity contribution in [2.24, 2.45) is 0 Å². The summed E-state index contributed by atoms with van der Waals surface area (Å²) in [6.07, 6.45) is 5.63. The molecule has 1 aromatic heterocycles. The third-order valence-corrected chi connectivity index (χ3v) is 6.20. The van der Waals surface area contributed by atoms with Crippen LogP contribution in [0.5, 0.6) is 0 Å². The minimum atomic E-state index is -0.831. The first kappa shape index (κ1) is 22.6. The number of nitrogens with zero attached hydrogens (tertiary/aromatic N) is 2. The van der Waals surface area contributed by atoms with Crippen molar-refractivity contribution in [1.82, 2.24) is 5.32 Å². The van der Waals surface area contributed by atoms with E-state index in [9.17, 15) is 9.59 Å². The molecule has 1 saturated carbocycles. The molecule has 1 aliphatic rings. The van der Waals surface area contributed by atoms with Gasteiger partial charge in [0.25, 0.3) is 5.91 Å². The Labute approximate surface area is 195 Å².